The van der Waals surface area contributed by atoms with Gasteiger partial charge in [0.05, 0.1) is 0 Å². The van der Waals surface area contributed by atoms with E-state index in [1.165, 1.54) is 22.7 Å². The topological polar surface area (TPSA) is 9.23 Å². The molecule has 0 amide bonds. The summed E-state index contributed by atoms with van der Waals surface area (Å²) in [6.07, 6.45) is 0. The van der Waals surface area contributed by atoms with Crippen molar-refractivity contribution in [3.05, 3.63) is 30.3 Å². The van der Waals surface area contributed by atoms with Gasteiger partial charge in [0.1, 0.15) is 0 Å². The van der Waals surface area contributed by atoms with Crippen molar-refractivity contribution in [3.63, 3.8) is 0 Å². The molecule has 0 heterocycles. The van der Waals surface area contributed by atoms with Crippen LogP contribution in [0.1, 0.15) is 0 Å². The van der Waals surface area contributed by atoms with Gasteiger partial charge in [-0.15, -0.1) is 0 Å². The van der Waals surface area contributed by atoms with Crippen molar-refractivity contribution in [2.24, 2.45) is 0 Å². The minimum absolute atomic E-state index is 0.932. The van der Waals surface area contributed by atoms with E-state index in [1.54, 1.807) is 0 Å². The Hall–Kier alpha value is -0.190. The maximum absolute atomic E-state index is 4.96. The fourth-order valence-corrected chi connectivity index (χ4v) is 0.829. The van der Waals surface area contributed by atoms with Gasteiger partial charge in [-0.2, -0.15) is 0 Å². The normalized spacial score (nSPS) is 8.62. The second-order valence-electron chi connectivity index (χ2n) is 1.40. The summed E-state index contributed by atoms with van der Waals surface area (Å²) in [6, 6.07) is 9.73. The molecule has 1 aromatic rings. The standard InChI is InChI=1S/C6H6OTe/c8-7-6-4-2-1-3-5-6/h1-5,8H. The average Bonchev–Trinajstić information content (AvgIpc) is 1.90. The van der Waals surface area contributed by atoms with E-state index in [-0.39, 0.29) is 0 Å². The predicted octanol–water partition coefficient (Wildman–Crippen LogP) is 0.881. The molecule has 0 aliphatic carbocycles. The van der Waals surface area contributed by atoms with E-state index in [0.29, 0.717) is 0 Å². The molecule has 0 aromatic heterocycles. The van der Waals surface area contributed by atoms with Crippen molar-refractivity contribution in [3.8, 4) is 5.75 Å². The third kappa shape index (κ3) is 1.40. The third-order valence-corrected chi connectivity index (χ3v) is 1.45. The zero-order valence-corrected chi connectivity index (χ0v) is 6.79. The molecule has 0 radical (unpaired) electrons. The van der Waals surface area contributed by atoms with Crippen molar-refractivity contribution in [1.82, 2.24) is 0 Å². The van der Waals surface area contributed by atoms with Gasteiger partial charge in [-0.25, -0.2) is 0 Å². The first-order valence-electron chi connectivity index (χ1n) is 2.30. The number of benzene rings is 1. The molecule has 42 valence electrons. The van der Waals surface area contributed by atoms with Crippen LogP contribution in [0.25, 0.3) is 0 Å². The molecule has 1 rings (SSSR count). The molecular weight excluding hydrogens is 216 g/mol. The van der Waals surface area contributed by atoms with Crippen LogP contribution in [0, 0.1) is 0 Å². The Morgan fingerprint density at radius 2 is 1.75 bits per heavy atom. The van der Waals surface area contributed by atoms with E-state index in [0.717, 1.165) is 5.75 Å². The van der Waals surface area contributed by atoms with Gasteiger partial charge in [0.15, 0.2) is 0 Å². The maximum atomic E-state index is 4.96. The summed E-state index contributed by atoms with van der Waals surface area (Å²) < 4.78 is 4.96. The van der Waals surface area contributed by atoms with Crippen molar-refractivity contribution < 1.29 is 3.10 Å². The molecular formula is C6H6OTe. The molecule has 1 aromatic carbocycles. The quantitative estimate of drug-likeness (QED) is 0.640. The van der Waals surface area contributed by atoms with Crippen molar-refractivity contribution in [2.75, 3.05) is 0 Å². The summed E-state index contributed by atoms with van der Waals surface area (Å²) in [5, 5.41) is 0. The first-order valence-corrected chi connectivity index (χ1v) is 3.34. The van der Waals surface area contributed by atoms with Gasteiger partial charge in [0.2, 0.25) is 0 Å². The summed E-state index contributed by atoms with van der Waals surface area (Å²) >= 11 is 1.34. The average molecular weight is 222 g/mol. The van der Waals surface area contributed by atoms with Crippen LogP contribution in [0.5, 0.6) is 5.75 Å². The Labute approximate surface area is 62.1 Å². The monoisotopic (exact) mass is 224 g/mol. The summed E-state index contributed by atoms with van der Waals surface area (Å²) in [5.41, 5.74) is 0. The number of hydrogen-bond donors (Lipinski definition) is 0. The molecule has 0 saturated carbocycles. The number of para-hydroxylation sites is 1. The van der Waals surface area contributed by atoms with Crippen molar-refractivity contribution in [2.45, 2.75) is 0 Å². The molecule has 2 heteroatoms. The molecule has 0 fully saturated rings. The molecule has 0 spiro atoms. The molecule has 8 heavy (non-hydrogen) atoms. The Bertz CT molecular complexity index is 150. The Balaban J connectivity index is 2.83. The molecule has 0 aliphatic rings. The van der Waals surface area contributed by atoms with Gasteiger partial charge >= 0.3 is 61.9 Å². The van der Waals surface area contributed by atoms with Crippen LogP contribution in [-0.2, 0) is 0 Å². The molecule has 0 saturated heterocycles. The molecule has 0 aliphatic heterocycles. The van der Waals surface area contributed by atoms with Crippen molar-refractivity contribution >= 4 is 22.7 Å². The Morgan fingerprint density at radius 1 is 1.12 bits per heavy atom. The summed E-state index contributed by atoms with van der Waals surface area (Å²) in [6.45, 7) is 0. The second-order valence-corrected chi connectivity index (χ2v) is 1.93. The fraction of sp³-hybridized carbons (Fsp3) is 0. The van der Waals surface area contributed by atoms with Crippen LogP contribution in [0.4, 0.5) is 0 Å². The predicted molar refractivity (Wildman–Crippen MR) is 34.2 cm³/mol. The molecule has 0 N–H and O–H groups in total. The fourth-order valence-electron chi connectivity index (χ4n) is 0.481. The van der Waals surface area contributed by atoms with E-state index < -0.39 is 0 Å². The summed E-state index contributed by atoms with van der Waals surface area (Å²) in [4.78, 5) is 0. The zero-order valence-electron chi connectivity index (χ0n) is 4.24. The summed E-state index contributed by atoms with van der Waals surface area (Å²) in [7, 11) is 0. The summed E-state index contributed by atoms with van der Waals surface area (Å²) in [5.74, 6) is 0.932. The molecule has 0 atom stereocenters. The second kappa shape index (κ2) is 2.96. The Kier molecular flexibility index (Phi) is 2.20. The van der Waals surface area contributed by atoms with Crippen LogP contribution in [0.3, 0.4) is 0 Å². The van der Waals surface area contributed by atoms with Crippen molar-refractivity contribution in [1.29, 1.82) is 0 Å². The molecule has 0 unspecified atom stereocenters. The first-order chi connectivity index (χ1) is 3.93. The van der Waals surface area contributed by atoms with E-state index in [9.17, 15) is 0 Å². The first kappa shape index (κ1) is 5.94. The number of rotatable bonds is 1. The van der Waals surface area contributed by atoms with E-state index in [2.05, 4.69) is 0 Å². The SMILES string of the molecule is [TeH]Oc1ccccc1. The van der Waals surface area contributed by atoms with Gasteiger partial charge in [-0.1, -0.05) is 0 Å². The van der Waals surface area contributed by atoms with E-state index in [1.807, 2.05) is 30.3 Å². The van der Waals surface area contributed by atoms with Gasteiger partial charge in [-0.3, -0.25) is 0 Å². The molecule has 0 bridgehead atoms. The minimum atomic E-state index is 0.932. The van der Waals surface area contributed by atoms with Gasteiger partial charge in [-0.05, 0) is 0 Å². The molecule has 1 nitrogen and oxygen atoms in total. The van der Waals surface area contributed by atoms with Gasteiger partial charge in [0, 0.05) is 0 Å². The van der Waals surface area contributed by atoms with Crippen LogP contribution in [-0.4, -0.2) is 22.7 Å². The number of hydrogen-bond acceptors (Lipinski definition) is 1. The van der Waals surface area contributed by atoms with E-state index in [4.69, 9.17) is 3.10 Å². The van der Waals surface area contributed by atoms with Gasteiger partial charge in [0.25, 0.3) is 0 Å². The van der Waals surface area contributed by atoms with Crippen LogP contribution < -0.4 is 3.10 Å². The third-order valence-electron chi connectivity index (χ3n) is 0.849. The van der Waals surface area contributed by atoms with Crippen LogP contribution in [0.2, 0.25) is 0 Å². The zero-order chi connectivity index (χ0) is 5.82. The Morgan fingerprint density at radius 3 is 2.12 bits per heavy atom. The van der Waals surface area contributed by atoms with Gasteiger partial charge < -0.3 is 0 Å². The van der Waals surface area contributed by atoms with E-state index >= 15 is 0 Å². The van der Waals surface area contributed by atoms with Crippen LogP contribution in [0.15, 0.2) is 30.3 Å². The van der Waals surface area contributed by atoms with Crippen LogP contribution >= 0.6 is 0 Å².